The first-order valence-electron chi connectivity index (χ1n) is 7.92. The van der Waals surface area contributed by atoms with Crippen LogP contribution in [0.4, 0.5) is 4.39 Å². The van der Waals surface area contributed by atoms with Gasteiger partial charge in [-0.25, -0.2) is 4.39 Å². The Hall–Kier alpha value is -1.87. The third-order valence-electron chi connectivity index (χ3n) is 4.96. The maximum Gasteiger partial charge on any atom is 0.130 e. The second-order valence-corrected chi connectivity index (χ2v) is 6.46. The zero-order valence-electron chi connectivity index (χ0n) is 12.8. The van der Waals surface area contributed by atoms with E-state index in [1.54, 1.807) is 0 Å². The molecule has 0 saturated carbocycles. The molecule has 4 rings (SSSR count). The molecule has 1 fully saturated rings. The molecule has 0 aliphatic carbocycles. The molecule has 2 atom stereocenters. The smallest absolute Gasteiger partial charge is 0.130 e. The Morgan fingerprint density at radius 3 is 2.73 bits per heavy atom. The number of halogens is 1. The van der Waals surface area contributed by atoms with E-state index < -0.39 is 0 Å². The minimum absolute atomic E-state index is 0.204. The van der Waals surface area contributed by atoms with Gasteiger partial charge in [-0.1, -0.05) is 30.3 Å². The summed E-state index contributed by atoms with van der Waals surface area (Å²) in [6.07, 6.45) is 1.10. The zero-order chi connectivity index (χ0) is 15.1. The van der Waals surface area contributed by atoms with Crippen molar-refractivity contribution in [3.8, 4) is 16.9 Å². The van der Waals surface area contributed by atoms with Crippen molar-refractivity contribution < 1.29 is 9.13 Å². The lowest BCUT2D eigenvalue weighted by molar-refractivity contribution is 0.287. The molecule has 2 nitrogen and oxygen atoms in total. The molecule has 0 bridgehead atoms. The van der Waals surface area contributed by atoms with E-state index in [1.165, 1.54) is 17.7 Å². The van der Waals surface area contributed by atoms with Gasteiger partial charge in [0, 0.05) is 24.6 Å². The minimum Gasteiger partial charge on any atom is -0.493 e. The van der Waals surface area contributed by atoms with Crippen LogP contribution in [0, 0.1) is 11.7 Å². The molecule has 0 spiro atoms. The lowest BCUT2D eigenvalue weighted by Gasteiger charge is -2.18. The monoisotopic (exact) mass is 297 g/mol. The molecule has 2 aromatic rings. The second-order valence-electron chi connectivity index (χ2n) is 6.46. The van der Waals surface area contributed by atoms with Crippen LogP contribution in [0.3, 0.4) is 0 Å². The van der Waals surface area contributed by atoms with Crippen molar-refractivity contribution in [3.05, 3.63) is 53.8 Å². The van der Waals surface area contributed by atoms with Crippen molar-refractivity contribution in [1.82, 2.24) is 4.90 Å². The minimum atomic E-state index is -0.204. The van der Waals surface area contributed by atoms with Gasteiger partial charge in [0.25, 0.3) is 0 Å². The first-order valence-corrected chi connectivity index (χ1v) is 7.92. The molecule has 0 N–H and O–H groups in total. The number of benzene rings is 2. The SMILES string of the molecule is CN1CC2CCOc3c(-c4ccc(F)cc4)cccc3C2C1. The molecule has 0 amide bonds. The molecule has 2 aliphatic heterocycles. The average molecular weight is 297 g/mol. The number of hydrogen-bond donors (Lipinski definition) is 0. The molecule has 22 heavy (non-hydrogen) atoms. The Labute approximate surface area is 130 Å². The summed E-state index contributed by atoms with van der Waals surface area (Å²) >= 11 is 0. The average Bonchev–Trinajstić information content (AvgIpc) is 2.80. The predicted octanol–water partition coefficient (Wildman–Crippen LogP) is 3.92. The summed E-state index contributed by atoms with van der Waals surface area (Å²) in [5.41, 5.74) is 3.41. The standard InChI is InChI=1S/C19H20FNO/c1-21-11-14-9-10-22-19-16(13-5-7-15(20)8-6-13)3-2-4-17(19)18(14)12-21/h2-8,14,18H,9-12H2,1H3. The van der Waals surface area contributed by atoms with E-state index in [0.29, 0.717) is 11.8 Å². The van der Waals surface area contributed by atoms with Crippen LogP contribution in [0.25, 0.3) is 11.1 Å². The van der Waals surface area contributed by atoms with Crippen molar-refractivity contribution >= 4 is 0 Å². The molecule has 2 heterocycles. The summed E-state index contributed by atoms with van der Waals surface area (Å²) in [4.78, 5) is 2.41. The topological polar surface area (TPSA) is 12.5 Å². The van der Waals surface area contributed by atoms with E-state index in [1.807, 2.05) is 12.1 Å². The van der Waals surface area contributed by atoms with Crippen LogP contribution >= 0.6 is 0 Å². The highest BCUT2D eigenvalue weighted by Gasteiger charge is 2.36. The van der Waals surface area contributed by atoms with Gasteiger partial charge in [-0.2, -0.15) is 0 Å². The third-order valence-corrected chi connectivity index (χ3v) is 4.96. The van der Waals surface area contributed by atoms with Crippen molar-refractivity contribution in [2.24, 2.45) is 5.92 Å². The lowest BCUT2D eigenvalue weighted by atomic mass is 9.86. The Morgan fingerprint density at radius 1 is 1.09 bits per heavy atom. The van der Waals surface area contributed by atoms with E-state index in [-0.39, 0.29) is 5.82 Å². The van der Waals surface area contributed by atoms with Crippen molar-refractivity contribution in [3.63, 3.8) is 0 Å². The fourth-order valence-corrected chi connectivity index (χ4v) is 3.91. The van der Waals surface area contributed by atoms with Gasteiger partial charge in [-0.15, -0.1) is 0 Å². The number of ether oxygens (including phenoxy) is 1. The van der Waals surface area contributed by atoms with E-state index in [2.05, 4.69) is 30.1 Å². The number of rotatable bonds is 1. The van der Waals surface area contributed by atoms with Crippen LogP contribution in [0.15, 0.2) is 42.5 Å². The van der Waals surface area contributed by atoms with Gasteiger partial charge in [0.2, 0.25) is 0 Å². The Bertz CT molecular complexity index is 682. The number of para-hydroxylation sites is 1. The van der Waals surface area contributed by atoms with Crippen LogP contribution in [0.1, 0.15) is 17.9 Å². The number of likely N-dealkylation sites (N-methyl/N-ethyl adjacent to an activating group) is 1. The number of fused-ring (bicyclic) bond motifs is 3. The van der Waals surface area contributed by atoms with Crippen molar-refractivity contribution in [2.75, 3.05) is 26.7 Å². The highest BCUT2D eigenvalue weighted by atomic mass is 19.1. The molecular weight excluding hydrogens is 277 g/mol. The maximum atomic E-state index is 13.2. The lowest BCUT2D eigenvalue weighted by Crippen LogP contribution is -2.15. The molecular formula is C19H20FNO. The van der Waals surface area contributed by atoms with Crippen molar-refractivity contribution in [1.29, 1.82) is 0 Å². The molecule has 3 heteroatoms. The first-order chi connectivity index (χ1) is 10.7. The molecule has 0 aromatic heterocycles. The number of hydrogen-bond acceptors (Lipinski definition) is 2. The predicted molar refractivity (Wildman–Crippen MR) is 85.7 cm³/mol. The molecule has 2 aromatic carbocycles. The van der Waals surface area contributed by atoms with Gasteiger partial charge in [0.05, 0.1) is 6.61 Å². The largest absolute Gasteiger partial charge is 0.493 e. The molecule has 1 saturated heterocycles. The Balaban J connectivity index is 1.81. The van der Waals surface area contributed by atoms with Gasteiger partial charge in [0.1, 0.15) is 11.6 Å². The summed E-state index contributed by atoms with van der Waals surface area (Å²) in [5.74, 6) is 2.01. The van der Waals surface area contributed by atoms with Crippen LogP contribution in [-0.4, -0.2) is 31.6 Å². The maximum absolute atomic E-state index is 13.2. The van der Waals surface area contributed by atoms with Crippen LogP contribution in [0.2, 0.25) is 0 Å². The second kappa shape index (κ2) is 5.40. The van der Waals surface area contributed by atoms with Gasteiger partial charge >= 0.3 is 0 Å². The van der Waals surface area contributed by atoms with E-state index in [9.17, 15) is 4.39 Å². The summed E-state index contributed by atoms with van der Waals surface area (Å²) in [7, 11) is 2.19. The van der Waals surface area contributed by atoms with E-state index in [0.717, 1.165) is 43.0 Å². The quantitative estimate of drug-likeness (QED) is 0.791. The fourth-order valence-electron chi connectivity index (χ4n) is 3.91. The normalized spacial score (nSPS) is 24.3. The highest BCUT2D eigenvalue weighted by Crippen LogP contribution is 2.45. The summed E-state index contributed by atoms with van der Waals surface area (Å²) in [6, 6.07) is 13.1. The van der Waals surface area contributed by atoms with Gasteiger partial charge in [-0.05, 0) is 42.6 Å². The van der Waals surface area contributed by atoms with Crippen LogP contribution in [-0.2, 0) is 0 Å². The van der Waals surface area contributed by atoms with Crippen LogP contribution < -0.4 is 4.74 Å². The summed E-state index contributed by atoms with van der Waals surface area (Å²) in [5, 5.41) is 0. The van der Waals surface area contributed by atoms with Gasteiger partial charge < -0.3 is 9.64 Å². The first kappa shape index (κ1) is 13.8. The van der Waals surface area contributed by atoms with Gasteiger partial charge in [-0.3, -0.25) is 0 Å². The molecule has 2 unspecified atom stereocenters. The van der Waals surface area contributed by atoms with Crippen molar-refractivity contribution in [2.45, 2.75) is 12.3 Å². The van der Waals surface area contributed by atoms with Crippen LogP contribution in [0.5, 0.6) is 5.75 Å². The molecule has 2 aliphatic rings. The third kappa shape index (κ3) is 2.30. The highest BCUT2D eigenvalue weighted by molar-refractivity contribution is 5.72. The van der Waals surface area contributed by atoms with Gasteiger partial charge in [0.15, 0.2) is 0 Å². The fraction of sp³-hybridized carbons (Fsp3) is 0.368. The molecule has 0 radical (unpaired) electrons. The zero-order valence-corrected chi connectivity index (χ0v) is 12.8. The number of nitrogens with zero attached hydrogens (tertiary/aromatic N) is 1. The van der Waals surface area contributed by atoms with E-state index in [4.69, 9.17) is 4.74 Å². The van der Waals surface area contributed by atoms with E-state index >= 15 is 0 Å². The molecule has 114 valence electrons. The Kier molecular flexibility index (Phi) is 3.38. The Morgan fingerprint density at radius 2 is 1.91 bits per heavy atom. The number of likely N-dealkylation sites (tertiary alicyclic amines) is 1. The summed E-state index contributed by atoms with van der Waals surface area (Å²) in [6.45, 7) is 3.00. The summed E-state index contributed by atoms with van der Waals surface area (Å²) < 4.78 is 19.3.